The van der Waals surface area contributed by atoms with Gasteiger partial charge in [-0.1, -0.05) is 43.6 Å². The lowest BCUT2D eigenvalue weighted by Crippen LogP contribution is -2.45. The first-order valence-electron chi connectivity index (χ1n) is 9.43. The zero-order chi connectivity index (χ0) is 18.2. The largest absolute Gasteiger partial charge is 0.356 e. The van der Waals surface area contributed by atoms with E-state index in [1.54, 1.807) is 0 Å². The highest BCUT2D eigenvalue weighted by Crippen LogP contribution is 2.22. The Balaban J connectivity index is 1.83. The molecule has 0 spiro atoms. The summed E-state index contributed by atoms with van der Waals surface area (Å²) in [6.07, 6.45) is 2.58. The maximum atomic E-state index is 6.30. The van der Waals surface area contributed by atoms with Crippen LogP contribution in [0.2, 0.25) is 5.02 Å². The predicted octanol–water partition coefficient (Wildman–Crippen LogP) is 3.93. The molecular weight excluding hydrogens is 332 g/mol. The van der Waals surface area contributed by atoms with Crippen LogP contribution in [0.5, 0.6) is 0 Å². The summed E-state index contributed by atoms with van der Waals surface area (Å²) in [5.41, 5.74) is 1.09. The zero-order valence-electron chi connectivity index (χ0n) is 16.1. The third kappa shape index (κ3) is 6.52. The summed E-state index contributed by atoms with van der Waals surface area (Å²) in [7, 11) is 1.82. The Bertz CT molecular complexity index is 558. The number of nitrogens with zero attached hydrogens (tertiary/aromatic N) is 2. The molecule has 0 bridgehead atoms. The molecule has 140 valence electrons. The molecule has 0 radical (unpaired) electrons. The van der Waals surface area contributed by atoms with Crippen molar-refractivity contribution in [3.8, 4) is 0 Å². The Morgan fingerprint density at radius 2 is 2.08 bits per heavy atom. The van der Waals surface area contributed by atoms with Gasteiger partial charge in [-0.15, -0.1) is 0 Å². The molecule has 5 heteroatoms. The van der Waals surface area contributed by atoms with Gasteiger partial charge in [-0.25, -0.2) is 0 Å². The average Bonchev–Trinajstić information content (AvgIpc) is 2.58. The highest BCUT2D eigenvalue weighted by atomic mass is 35.5. The molecule has 25 heavy (non-hydrogen) atoms. The van der Waals surface area contributed by atoms with Crippen LogP contribution in [-0.2, 0) is 0 Å². The van der Waals surface area contributed by atoms with Crippen molar-refractivity contribution >= 4 is 17.6 Å². The Kier molecular flexibility index (Phi) is 8.04. The minimum absolute atomic E-state index is 0.115. The molecule has 0 aromatic heterocycles. The molecule has 0 aliphatic carbocycles. The first-order valence-corrected chi connectivity index (χ1v) is 9.81. The molecule has 1 aliphatic rings. The van der Waals surface area contributed by atoms with Gasteiger partial charge < -0.3 is 15.5 Å². The number of guanidine groups is 1. The number of likely N-dealkylation sites (tertiary alicyclic amines) is 1. The highest BCUT2D eigenvalue weighted by Gasteiger charge is 2.20. The maximum Gasteiger partial charge on any atom is 0.191 e. The quantitative estimate of drug-likeness (QED) is 0.593. The molecule has 1 fully saturated rings. The lowest BCUT2D eigenvalue weighted by Gasteiger charge is -2.34. The van der Waals surface area contributed by atoms with E-state index >= 15 is 0 Å². The minimum Gasteiger partial charge on any atom is -0.356 e. The summed E-state index contributed by atoms with van der Waals surface area (Å²) < 4.78 is 0. The fraction of sp³-hybridized carbons (Fsp3) is 0.650. The number of aliphatic imine (C=N–C) groups is 1. The predicted molar refractivity (Wildman–Crippen MR) is 108 cm³/mol. The van der Waals surface area contributed by atoms with Crippen molar-refractivity contribution in [1.29, 1.82) is 0 Å². The van der Waals surface area contributed by atoms with Crippen molar-refractivity contribution in [2.24, 2.45) is 16.8 Å². The average molecular weight is 365 g/mol. The fourth-order valence-corrected chi connectivity index (χ4v) is 3.84. The van der Waals surface area contributed by atoms with Crippen LogP contribution in [0.3, 0.4) is 0 Å². The summed E-state index contributed by atoms with van der Waals surface area (Å²) >= 11 is 6.30. The van der Waals surface area contributed by atoms with E-state index in [9.17, 15) is 0 Å². The van der Waals surface area contributed by atoms with E-state index in [-0.39, 0.29) is 6.04 Å². The minimum atomic E-state index is 0.115. The summed E-state index contributed by atoms with van der Waals surface area (Å²) in [5, 5.41) is 7.74. The van der Waals surface area contributed by atoms with Gasteiger partial charge in [-0.05, 0) is 49.8 Å². The van der Waals surface area contributed by atoms with Crippen molar-refractivity contribution in [3.05, 3.63) is 34.9 Å². The molecule has 1 saturated heterocycles. The van der Waals surface area contributed by atoms with Gasteiger partial charge in [-0.3, -0.25) is 4.99 Å². The molecular formula is C20H33ClN4. The van der Waals surface area contributed by atoms with Crippen LogP contribution in [0.15, 0.2) is 29.3 Å². The third-order valence-corrected chi connectivity index (χ3v) is 5.08. The SMILES string of the molecule is CN=C(NCC1CCCN(CC(C)C)C1)NC(C)c1ccccc1Cl. The second-order valence-corrected chi connectivity index (χ2v) is 7.91. The second-order valence-electron chi connectivity index (χ2n) is 7.50. The van der Waals surface area contributed by atoms with Gasteiger partial charge >= 0.3 is 0 Å². The molecule has 1 heterocycles. The Labute approximate surface area is 158 Å². The number of nitrogens with one attached hydrogen (secondary N) is 2. The molecule has 1 aromatic carbocycles. The van der Waals surface area contributed by atoms with Gasteiger partial charge in [0.15, 0.2) is 5.96 Å². The number of rotatable bonds is 6. The van der Waals surface area contributed by atoms with E-state index in [2.05, 4.69) is 47.4 Å². The summed E-state index contributed by atoms with van der Waals surface area (Å²) in [6, 6.07) is 8.07. The van der Waals surface area contributed by atoms with Crippen molar-refractivity contribution in [3.63, 3.8) is 0 Å². The number of piperidine rings is 1. The van der Waals surface area contributed by atoms with Crippen LogP contribution < -0.4 is 10.6 Å². The standard InChI is InChI=1S/C20H33ClN4/c1-15(2)13-25-11-7-8-17(14-25)12-23-20(22-4)24-16(3)18-9-5-6-10-19(18)21/h5-6,9-10,15-17H,7-8,11-14H2,1-4H3,(H2,22,23,24). The van der Waals surface area contributed by atoms with Gasteiger partial charge in [0.05, 0.1) is 6.04 Å². The first kappa shape index (κ1) is 20.1. The molecule has 4 nitrogen and oxygen atoms in total. The van der Waals surface area contributed by atoms with Crippen LogP contribution in [0, 0.1) is 11.8 Å². The van der Waals surface area contributed by atoms with Gasteiger partial charge in [0.1, 0.15) is 0 Å². The van der Waals surface area contributed by atoms with E-state index in [4.69, 9.17) is 11.6 Å². The van der Waals surface area contributed by atoms with E-state index in [1.807, 2.05) is 25.2 Å². The molecule has 2 atom stereocenters. The van der Waals surface area contributed by atoms with Crippen LogP contribution >= 0.6 is 11.6 Å². The van der Waals surface area contributed by atoms with Crippen molar-refractivity contribution < 1.29 is 0 Å². The third-order valence-electron chi connectivity index (χ3n) is 4.73. The number of halogens is 1. The molecule has 2 unspecified atom stereocenters. The van der Waals surface area contributed by atoms with Crippen molar-refractivity contribution in [1.82, 2.24) is 15.5 Å². The van der Waals surface area contributed by atoms with Crippen molar-refractivity contribution in [2.75, 3.05) is 33.2 Å². The number of hydrogen-bond acceptors (Lipinski definition) is 2. The highest BCUT2D eigenvalue weighted by molar-refractivity contribution is 6.31. The van der Waals surface area contributed by atoms with Gasteiger partial charge in [-0.2, -0.15) is 0 Å². The van der Waals surface area contributed by atoms with Crippen molar-refractivity contribution in [2.45, 2.75) is 39.7 Å². The zero-order valence-corrected chi connectivity index (χ0v) is 16.8. The fourth-order valence-electron chi connectivity index (χ4n) is 3.54. The van der Waals surface area contributed by atoms with E-state index in [0.717, 1.165) is 29.0 Å². The molecule has 2 rings (SSSR count). The molecule has 1 aliphatic heterocycles. The Morgan fingerprint density at radius 3 is 2.76 bits per heavy atom. The monoisotopic (exact) mass is 364 g/mol. The lowest BCUT2D eigenvalue weighted by atomic mass is 9.97. The smallest absolute Gasteiger partial charge is 0.191 e. The number of benzene rings is 1. The van der Waals surface area contributed by atoms with E-state index in [1.165, 1.54) is 32.5 Å². The van der Waals surface area contributed by atoms with Crippen LogP contribution in [-0.4, -0.2) is 44.1 Å². The lowest BCUT2D eigenvalue weighted by molar-refractivity contribution is 0.159. The first-order chi connectivity index (χ1) is 12.0. The Hall–Kier alpha value is -1.26. The molecule has 1 aromatic rings. The molecule has 0 amide bonds. The molecule has 0 saturated carbocycles. The Morgan fingerprint density at radius 1 is 1.32 bits per heavy atom. The van der Waals surface area contributed by atoms with E-state index in [0.29, 0.717) is 5.92 Å². The van der Waals surface area contributed by atoms with Gasteiger partial charge in [0.2, 0.25) is 0 Å². The molecule has 2 N–H and O–H groups in total. The summed E-state index contributed by atoms with van der Waals surface area (Å²) in [6.45, 7) is 11.3. The van der Waals surface area contributed by atoms with Gasteiger partial charge in [0.25, 0.3) is 0 Å². The summed E-state index contributed by atoms with van der Waals surface area (Å²) in [5.74, 6) is 2.26. The van der Waals surface area contributed by atoms with Crippen LogP contribution in [0.25, 0.3) is 0 Å². The second kappa shape index (κ2) is 10.0. The summed E-state index contributed by atoms with van der Waals surface area (Å²) in [4.78, 5) is 6.97. The maximum absolute atomic E-state index is 6.30. The topological polar surface area (TPSA) is 39.7 Å². The van der Waals surface area contributed by atoms with Gasteiger partial charge in [0, 0.05) is 31.7 Å². The van der Waals surface area contributed by atoms with E-state index < -0.39 is 0 Å². The number of hydrogen-bond donors (Lipinski definition) is 2. The normalized spacial score (nSPS) is 20.6. The van der Waals surface area contributed by atoms with Crippen LogP contribution in [0.1, 0.15) is 45.2 Å². The van der Waals surface area contributed by atoms with Crippen LogP contribution in [0.4, 0.5) is 0 Å².